The van der Waals surface area contributed by atoms with Crippen molar-refractivity contribution >= 4 is 39.4 Å². The second-order valence-corrected chi connectivity index (χ2v) is 6.53. The fourth-order valence-electron chi connectivity index (χ4n) is 2.97. The van der Waals surface area contributed by atoms with Gasteiger partial charge in [0.05, 0.1) is 0 Å². The van der Waals surface area contributed by atoms with Crippen LogP contribution < -0.4 is 11.1 Å². The van der Waals surface area contributed by atoms with Crippen LogP contribution in [0.25, 0.3) is 10.9 Å². The fourth-order valence-corrected chi connectivity index (χ4v) is 3.45. The Hall–Kier alpha value is -1.08. The third-order valence-corrected chi connectivity index (χ3v) is 5.10. The molecule has 0 aliphatic heterocycles. The molecule has 0 unspecified atom stereocenters. The standard InChI is InChI=1S/C16H20IN3O/c17-9-10-5-6-13-11(7-10)8-15(19-13)16(21)20-14-4-2-1-3-12(14)18/h5-8,12,14,19H,1-4,9,18H2,(H,20,21)/t12-,14-/m0/s1. The summed E-state index contributed by atoms with van der Waals surface area (Å²) in [6, 6.07) is 8.35. The Morgan fingerprint density at radius 3 is 2.90 bits per heavy atom. The number of benzene rings is 1. The van der Waals surface area contributed by atoms with Gasteiger partial charge >= 0.3 is 0 Å². The molecule has 2 atom stereocenters. The van der Waals surface area contributed by atoms with Gasteiger partial charge in [-0.2, -0.15) is 0 Å². The lowest BCUT2D eigenvalue weighted by Crippen LogP contribution is -2.49. The first-order chi connectivity index (χ1) is 10.2. The van der Waals surface area contributed by atoms with Gasteiger partial charge in [-0.25, -0.2) is 0 Å². The third-order valence-electron chi connectivity index (χ3n) is 4.22. The minimum Gasteiger partial charge on any atom is -0.351 e. The maximum Gasteiger partial charge on any atom is 0.268 e. The molecule has 2 aromatic rings. The number of hydrogen-bond donors (Lipinski definition) is 3. The molecule has 4 nitrogen and oxygen atoms in total. The lowest BCUT2D eigenvalue weighted by Gasteiger charge is -2.29. The number of alkyl halides is 1. The second kappa shape index (κ2) is 6.36. The van der Waals surface area contributed by atoms with Crippen molar-refractivity contribution < 1.29 is 4.79 Å². The molecule has 21 heavy (non-hydrogen) atoms. The molecule has 0 radical (unpaired) electrons. The van der Waals surface area contributed by atoms with Crippen molar-refractivity contribution in [1.29, 1.82) is 0 Å². The van der Waals surface area contributed by atoms with Crippen LogP contribution in [0.2, 0.25) is 0 Å². The monoisotopic (exact) mass is 397 g/mol. The summed E-state index contributed by atoms with van der Waals surface area (Å²) < 4.78 is 0.970. The van der Waals surface area contributed by atoms with Crippen molar-refractivity contribution in [2.24, 2.45) is 5.73 Å². The number of rotatable bonds is 3. The third kappa shape index (κ3) is 3.23. The van der Waals surface area contributed by atoms with Gasteiger partial charge in [-0.1, -0.05) is 41.5 Å². The summed E-state index contributed by atoms with van der Waals surface area (Å²) in [6.07, 6.45) is 4.28. The van der Waals surface area contributed by atoms with E-state index in [0.717, 1.165) is 34.6 Å². The Morgan fingerprint density at radius 2 is 2.14 bits per heavy atom. The maximum atomic E-state index is 12.4. The Balaban J connectivity index is 1.77. The van der Waals surface area contributed by atoms with Gasteiger partial charge in [0, 0.05) is 27.4 Å². The van der Waals surface area contributed by atoms with E-state index in [0.29, 0.717) is 5.69 Å². The maximum absolute atomic E-state index is 12.4. The van der Waals surface area contributed by atoms with E-state index in [1.54, 1.807) is 0 Å². The van der Waals surface area contributed by atoms with E-state index >= 15 is 0 Å². The van der Waals surface area contributed by atoms with Crippen LogP contribution in [0, 0.1) is 0 Å². The van der Waals surface area contributed by atoms with Gasteiger partial charge in [-0.05, 0) is 36.6 Å². The zero-order chi connectivity index (χ0) is 14.8. The molecule has 4 N–H and O–H groups in total. The van der Waals surface area contributed by atoms with Gasteiger partial charge in [-0.15, -0.1) is 0 Å². The van der Waals surface area contributed by atoms with E-state index in [1.807, 2.05) is 12.1 Å². The molecule has 1 aromatic carbocycles. The number of fused-ring (bicyclic) bond motifs is 1. The van der Waals surface area contributed by atoms with Crippen molar-refractivity contribution in [3.05, 3.63) is 35.5 Å². The number of carbonyl (C=O) groups is 1. The lowest BCUT2D eigenvalue weighted by molar-refractivity contribution is 0.0917. The summed E-state index contributed by atoms with van der Waals surface area (Å²) in [6.45, 7) is 0. The smallest absolute Gasteiger partial charge is 0.268 e. The topological polar surface area (TPSA) is 70.9 Å². The van der Waals surface area contributed by atoms with E-state index in [2.05, 4.69) is 45.0 Å². The molecule has 5 heteroatoms. The molecule has 1 saturated carbocycles. The normalized spacial score (nSPS) is 22.4. The number of nitrogens with two attached hydrogens (primary N) is 1. The van der Waals surface area contributed by atoms with Crippen molar-refractivity contribution in [3.63, 3.8) is 0 Å². The number of H-pyrrole nitrogens is 1. The average Bonchev–Trinajstić information content (AvgIpc) is 2.92. The van der Waals surface area contributed by atoms with Gasteiger partial charge in [-0.3, -0.25) is 4.79 Å². The molecule has 112 valence electrons. The second-order valence-electron chi connectivity index (χ2n) is 5.77. The van der Waals surface area contributed by atoms with Gasteiger partial charge in [0.2, 0.25) is 0 Å². The first-order valence-electron chi connectivity index (χ1n) is 7.41. The van der Waals surface area contributed by atoms with E-state index in [1.165, 1.54) is 12.0 Å². The van der Waals surface area contributed by atoms with Crippen LogP contribution >= 0.6 is 22.6 Å². The molecule has 3 rings (SSSR count). The number of halogens is 1. The molecular formula is C16H20IN3O. The van der Waals surface area contributed by atoms with Crippen LogP contribution in [0.15, 0.2) is 24.3 Å². The van der Waals surface area contributed by atoms with Crippen molar-refractivity contribution in [2.75, 3.05) is 0 Å². The van der Waals surface area contributed by atoms with Crippen LogP contribution in [0.5, 0.6) is 0 Å². The number of aromatic amines is 1. The van der Waals surface area contributed by atoms with E-state index in [-0.39, 0.29) is 18.0 Å². The fraction of sp³-hybridized carbons (Fsp3) is 0.438. The molecule has 1 amide bonds. The van der Waals surface area contributed by atoms with E-state index < -0.39 is 0 Å². The number of hydrogen-bond acceptors (Lipinski definition) is 2. The number of nitrogens with one attached hydrogen (secondary N) is 2. The molecule has 1 aliphatic carbocycles. The van der Waals surface area contributed by atoms with Crippen molar-refractivity contribution in [2.45, 2.75) is 42.2 Å². The van der Waals surface area contributed by atoms with Crippen LogP contribution in [-0.2, 0) is 4.43 Å². The van der Waals surface area contributed by atoms with Gasteiger partial charge in [0.25, 0.3) is 5.91 Å². The van der Waals surface area contributed by atoms with Gasteiger partial charge < -0.3 is 16.0 Å². The summed E-state index contributed by atoms with van der Waals surface area (Å²) in [5.74, 6) is -0.0513. The highest BCUT2D eigenvalue weighted by Crippen LogP contribution is 2.20. The number of carbonyl (C=O) groups excluding carboxylic acids is 1. The minimum absolute atomic E-state index is 0.0513. The Labute approximate surface area is 138 Å². The van der Waals surface area contributed by atoms with Gasteiger partial charge in [0.1, 0.15) is 5.69 Å². The molecular weight excluding hydrogens is 377 g/mol. The van der Waals surface area contributed by atoms with E-state index in [4.69, 9.17) is 5.73 Å². The zero-order valence-electron chi connectivity index (χ0n) is 11.9. The van der Waals surface area contributed by atoms with Crippen LogP contribution in [0.1, 0.15) is 41.7 Å². The highest BCUT2D eigenvalue weighted by atomic mass is 127. The first kappa shape index (κ1) is 14.8. The highest BCUT2D eigenvalue weighted by molar-refractivity contribution is 14.1. The molecule has 0 spiro atoms. The predicted molar refractivity (Wildman–Crippen MR) is 93.7 cm³/mol. The molecule has 0 saturated heterocycles. The number of amides is 1. The number of aromatic nitrogens is 1. The quantitative estimate of drug-likeness (QED) is 0.550. The summed E-state index contributed by atoms with van der Waals surface area (Å²) in [4.78, 5) is 15.6. The summed E-state index contributed by atoms with van der Waals surface area (Å²) in [5, 5.41) is 4.16. The van der Waals surface area contributed by atoms with Crippen molar-refractivity contribution in [3.8, 4) is 0 Å². The lowest BCUT2D eigenvalue weighted by atomic mass is 9.91. The first-order valence-corrected chi connectivity index (χ1v) is 8.94. The molecule has 1 heterocycles. The molecule has 0 bridgehead atoms. The SMILES string of the molecule is N[C@H]1CCCC[C@@H]1NC(=O)c1cc2cc(CI)ccc2[nH]1. The summed E-state index contributed by atoms with van der Waals surface area (Å²) in [7, 11) is 0. The van der Waals surface area contributed by atoms with Crippen LogP contribution in [-0.4, -0.2) is 23.0 Å². The average molecular weight is 397 g/mol. The van der Waals surface area contributed by atoms with E-state index in [9.17, 15) is 4.79 Å². The Kier molecular flexibility index (Phi) is 4.49. The highest BCUT2D eigenvalue weighted by Gasteiger charge is 2.24. The largest absolute Gasteiger partial charge is 0.351 e. The minimum atomic E-state index is -0.0513. The molecule has 1 fully saturated rings. The molecule has 1 aromatic heterocycles. The zero-order valence-corrected chi connectivity index (χ0v) is 14.0. The summed E-state index contributed by atoms with van der Waals surface area (Å²) in [5.41, 5.74) is 8.98. The predicted octanol–water partition coefficient (Wildman–Crippen LogP) is 3.10. The molecule has 1 aliphatic rings. The van der Waals surface area contributed by atoms with Crippen LogP contribution in [0.3, 0.4) is 0 Å². The van der Waals surface area contributed by atoms with Gasteiger partial charge in [0.15, 0.2) is 0 Å². The Morgan fingerprint density at radius 1 is 1.33 bits per heavy atom. The Bertz CT molecular complexity index is 652. The van der Waals surface area contributed by atoms with Crippen molar-refractivity contribution in [1.82, 2.24) is 10.3 Å². The summed E-state index contributed by atoms with van der Waals surface area (Å²) >= 11 is 2.34. The van der Waals surface area contributed by atoms with Crippen LogP contribution in [0.4, 0.5) is 0 Å².